The molecule has 0 aromatic heterocycles. The molecule has 0 saturated heterocycles. The number of nitrogens with one attached hydrogen (secondary N) is 1. The molecule has 152 valence electrons. The fraction of sp³-hybridized carbons (Fsp3) is 0.278. The van der Waals surface area contributed by atoms with Gasteiger partial charge in [0.2, 0.25) is 0 Å². The third kappa shape index (κ3) is 5.06. The minimum Gasteiger partial charge on any atom is -0.493 e. The summed E-state index contributed by atoms with van der Waals surface area (Å²) in [4.78, 5) is 11.4. The molecule has 0 unspecified atom stereocenters. The second kappa shape index (κ2) is 9.13. The van der Waals surface area contributed by atoms with Gasteiger partial charge in [-0.2, -0.15) is 0 Å². The number of carboxylic acid groups (broad SMARTS) is 1. The van der Waals surface area contributed by atoms with Gasteiger partial charge in [0, 0.05) is 19.2 Å². The van der Waals surface area contributed by atoms with Crippen LogP contribution in [0.15, 0.2) is 35.2 Å². The normalized spacial score (nSPS) is 11.1. The molecule has 10 heteroatoms. The number of halogens is 1. The summed E-state index contributed by atoms with van der Waals surface area (Å²) >= 11 is 6.05. The summed E-state index contributed by atoms with van der Waals surface area (Å²) in [5, 5.41) is 9.49. The zero-order valence-electron chi connectivity index (χ0n) is 15.5. The monoisotopic (exact) mass is 429 g/mol. The number of hydrogen-bond acceptors (Lipinski definition) is 6. The number of aromatic carboxylic acids is 1. The first-order valence-electron chi connectivity index (χ1n) is 8.05. The van der Waals surface area contributed by atoms with Crippen molar-refractivity contribution < 1.29 is 32.5 Å². The highest BCUT2D eigenvalue weighted by atomic mass is 35.5. The smallest absolute Gasteiger partial charge is 0.337 e. The first kappa shape index (κ1) is 21.8. The first-order valence-corrected chi connectivity index (χ1v) is 9.91. The van der Waals surface area contributed by atoms with Gasteiger partial charge in [-0.3, -0.25) is 4.72 Å². The van der Waals surface area contributed by atoms with Crippen LogP contribution in [-0.4, -0.2) is 46.9 Å². The maximum atomic E-state index is 12.8. The second-order valence-corrected chi connectivity index (χ2v) is 7.79. The number of rotatable bonds is 9. The number of hydrogen-bond donors (Lipinski definition) is 2. The number of anilines is 1. The summed E-state index contributed by atoms with van der Waals surface area (Å²) in [7, 11) is -1.30. The highest BCUT2D eigenvalue weighted by Gasteiger charge is 2.23. The number of methoxy groups -OCH3 is 2. The van der Waals surface area contributed by atoms with Gasteiger partial charge in [-0.25, -0.2) is 13.2 Å². The number of ether oxygens (including phenoxy) is 3. The van der Waals surface area contributed by atoms with Crippen LogP contribution in [0.3, 0.4) is 0 Å². The van der Waals surface area contributed by atoms with Crippen molar-refractivity contribution in [3.05, 3.63) is 46.5 Å². The summed E-state index contributed by atoms with van der Waals surface area (Å²) in [5.74, 6) is -1.03. The van der Waals surface area contributed by atoms with E-state index in [-0.39, 0.29) is 45.9 Å². The molecule has 0 bridgehead atoms. The van der Waals surface area contributed by atoms with E-state index in [1.54, 1.807) is 13.0 Å². The Balaban J connectivity index is 2.49. The van der Waals surface area contributed by atoms with Crippen LogP contribution in [0.1, 0.15) is 15.9 Å². The number of sulfonamides is 1. The molecule has 8 nitrogen and oxygen atoms in total. The molecule has 2 aromatic rings. The zero-order chi connectivity index (χ0) is 20.9. The van der Waals surface area contributed by atoms with E-state index in [1.807, 2.05) is 0 Å². The Kier molecular flexibility index (Phi) is 7.11. The van der Waals surface area contributed by atoms with Gasteiger partial charge in [-0.1, -0.05) is 17.7 Å². The minimum absolute atomic E-state index is 0.0226. The van der Waals surface area contributed by atoms with Crippen LogP contribution in [0.4, 0.5) is 5.69 Å². The molecule has 0 saturated carbocycles. The highest BCUT2D eigenvalue weighted by molar-refractivity contribution is 7.92. The maximum Gasteiger partial charge on any atom is 0.337 e. The largest absolute Gasteiger partial charge is 0.493 e. The van der Waals surface area contributed by atoms with E-state index in [1.165, 1.54) is 38.5 Å². The average Bonchev–Trinajstić information content (AvgIpc) is 2.61. The van der Waals surface area contributed by atoms with Gasteiger partial charge in [-0.05, 0) is 24.6 Å². The van der Waals surface area contributed by atoms with Gasteiger partial charge >= 0.3 is 5.97 Å². The average molecular weight is 430 g/mol. The SMILES string of the molecule is COCCOc1cc(NS(=O)(=O)c2ccc(C)cc2Cl)c(C(=O)O)cc1OC. The van der Waals surface area contributed by atoms with Crippen molar-refractivity contribution in [2.75, 3.05) is 32.2 Å². The van der Waals surface area contributed by atoms with Gasteiger partial charge in [0.15, 0.2) is 11.5 Å². The van der Waals surface area contributed by atoms with E-state index in [9.17, 15) is 18.3 Å². The standard InChI is InChI=1S/C18H20ClNO7S/c1-11-4-5-17(13(19)8-11)28(23,24)20-14-10-16(27-7-6-25-2)15(26-3)9-12(14)18(21)22/h4-5,8-10,20H,6-7H2,1-3H3,(H,21,22). The molecule has 2 N–H and O–H groups in total. The zero-order valence-corrected chi connectivity index (χ0v) is 17.1. The van der Waals surface area contributed by atoms with E-state index >= 15 is 0 Å². The van der Waals surface area contributed by atoms with Crippen molar-refractivity contribution in [3.63, 3.8) is 0 Å². The van der Waals surface area contributed by atoms with Gasteiger partial charge < -0.3 is 19.3 Å². The fourth-order valence-corrected chi connectivity index (χ4v) is 4.02. The van der Waals surface area contributed by atoms with Gasteiger partial charge in [0.25, 0.3) is 10.0 Å². The predicted octanol–water partition coefficient (Wildman–Crippen LogP) is 3.18. The van der Waals surface area contributed by atoms with Crippen LogP contribution in [0.2, 0.25) is 5.02 Å². The summed E-state index contributed by atoms with van der Waals surface area (Å²) in [6.45, 7) is 2.21. The summed E-state index contributed by atoms with van der Waals surface area (Å²) < 4.78 is 43.3. The molecule has 0 aliphatic carbocycles. The van der Waals surface area contributed by atoms with Crippen LogP contribution < -0.4 is 14.2 Å². The molecule has 2 rings (SSSR count). The molecule has 0 atom stereocenters. The van der Waals surface area contributed by atoms with Gasteiger partial charge in [0.1, 0.15) is 11.5 Å². The Morgan fingerprint density at radius 2 is 1.86 bits per heavy atom. The van der Waals surface area contributed by atoms with E-state index in [4.69, 9.17) is 25.8 Å². The van der Waals surface area contributed by atoms with Crippen LogP contribution in [0.5, 0.6) is 11.5 Å². The van der Waals surface area contributed by atoms with Crippen LogP contribution in [-0.2, 0) is 14.8 Å². The molecule has 0 fully saturated rings. The van der Waals surface area contributed by atoms with Crippen molar-refractivity contribution >= 4 is 33.3 Å². The number of carboxylic acids is 1. The molecule has 0 radical (unpaired) electrons. The van der Waals surface area contributed by atoms with Crippen molar-refractivity contribution in [2.45, 2.75) is 11.8 Å². The van der Waals surface area contributed by atoms with Crippen molar-refractivity contribution in [3.8, 4) is 11.5 Å². The summed E-state index contributed by atoms with van der Waals surface area (Å²) in [5.41, 5.74) is 0.300. The predicted molar refractivity (Wildman–Crippen MR) is 104 cm³/mol. The van der Waals surface area contributed by atoms with Gasteiger partial charge in [0.05, 0.1) is 30.0 Å². The number of benzene rings is 2. The van der Waals surface area contributed by atoms with Crippen LogP contribution in [0, 0.1) is 6.92 Å². The lowest BCUT2D eigenvalue weighted by Gasteiger charge is -2.16. The third-order valence-corrected chi connectivity index (χ3v) is 5.55. The molecule has 28 heavy (non-hydrogen) atoms. The highest BCUT2D eigenvalue weighted by Crippen LogP contribution is 2.35. The quantitative estimate of drug-likeness (QED) is 0.589. The van der Waals surface area contributed by atoms with Crippen molar-refractivity contribution in [1.29, 1.82) is 0 Å². The Labute approximate surface area is 168 Å². The van der Waals surface area contributed by atoms with E-state index in [0.717, 1.165) is 5.56 Å². The molecule has 0 spiro atoms. The van der Waals surface area contributed by atoms with Gasteiger partial charge in [-0.15, -0.1) is 0 Å². The topological polar surface area (TPSA) is 111 Å². The maximum absolute atomic E-state index is 12.8. The van der Waals surface area contributed by atoms with E-state index in [0.29, 0.717) is 0 Å². The molecular weight excluding hydrogens is 410 g/mol. The van der Waals surface area contributed by atoms with Crippen molar-refractivity contribution in [2.24, 2.45) is 0 Å². The Bertz CT molecular complexity index is 976. The third-order valence-electron chi connectivity index (χ3n) is 3.70. The lowest BCUT2D eigenvalue weighted by Crippen LogP contribution is -2.17. The molecule has 0 amide bonds. The summed E-state index contributed by atoms with van der Waals surface area (Å²) in [6, 6.07) is 6.87. The Morgan fingerprint density at radius 1 is 1.14 bits per heavy atom. The lowest BCUT2D eigenvalue weighted by molar-refractivity contribution is 0.0697. The summed E-state index contributed by atoms with van der Waals surface area (Å²) in [6.07, 6.45) is 0. The van der Waals surface area contributed by atoms with E-state index in [2.05, 4.69) is 4.72 Å². The fourth-order valence-electron chi connectivity index (χ4n) is 2.35. The van der Waals surface area contributed by atoms with Crippen LogP contribution >= 0.6 is 11.6 Å². The Hall–Kier alpha value is -2.49. The number of carbonyl (C=O) groups is 1. The molecule has 0 aliphatic heterocycles. The van der Waals surface area contributed by atoms with Crippen molar-refractivity contribution in [1.82, 2.24) is 0 Å². The first-order chi connectivity index (χ1) is 13.2. The van der Waals surface area contributed by atoms with Crippen LogP contribution in [0.25, 0.3) is 0 Å². The molecule has 0 heterocycles. The Morgan fingerprint density at radius 3 is 2.43 bits per heavy atom. The minimum atomic E-state index is -4.14. The molecule has 2 aromatic carbocycles. The second-order valence-electron chi connectivity index (χ2n) is 5.73. The van der Waals surface area contributed by atoms with E-state index < -0.39 is 16.0 Å². The molecular formula is C18H20ClNO7S. The molecule has 0 aliphatic rings. The lowest BCUT2D eigenvalue weighted by atomic mass is 10.1. The number of aryl methyl sites for hydroxylation is 1.